The van der Waals surface area contributed by atoms with Crippen LogP contribution in [-0.4, -0.2) is 18.5 Å². The number of esters is 1. The number of carbonyl (C=O) groups excluding carboxylic acids is 2. The van der Waals surface area contributed by atoms with E-state index >= 15 is 0 Å². The van der Waals surface area contributed by atoms with Gasteiger partial charge in [-0.05, 0) is 49.8 Å². The normalized spacial score (nSPS) is 16.2. The van der Waals surface area contributed by atoms with E-state index in [9.17, 15) is 14.9 Å². The van der Waals surface area contributed by atoms with Gasteiger partial charge in [0.25, 0.3) is 5.91 Å². The van der Waals surface area contributed by atoms with Crippen LogP contribution in [0.15, 0.2) is 28.4 Å². The summed E-state index contributed by atoms with van der Waals surface area (Å²) < 4.78 is 10.4. The molecule has 0 saturated carbocycles. The number of carbonyl (C=O) groups is 2. The van der Waals surface area contributed by atoms with Gasteiger partial charge in [0, 0.05) is 11.0 Å². The average molecular weight is 398 g/mol. The first-order valence-corrected chi connectivity index (χ1v) is 10.2. The van der Waals surface area contributed by atoms with E-state index in [1.54, 1.807) is 19.1 Å². The topological polar surface area (TPSA) is 92.3 Å². The highest BCUT2D eigenvalue weighted by molar-refractivity contribution is 7.17. The molecule has 0 aromatic carbocycles. The molecular formula is C21H22N2O4S. The van der Waals surface area contributed by atoms with Crippen molar-refractivity contribution in [2.24, 2.45) is 5.92 Å². The monoisotopic (exact) mass is 398 g/mol. The molecule has 7 heteroatoms. The minimum Gasteiger partial charge on any atom is -0.465 e. The lowest BCUT2D eigenvalue weighted by atomic mass is 9.85. The molecule has 1 atom stereocenters. The zero-order valence-electron chi connectivity index (χ0n) is 15.9. The lowest BCUT2D eigenvalue weighted by Gasteiger charge is -2.20. The van der Waals surface area contributed by atoms with Gasteiger partial charge in [0.05, 0.1) is 18.4 Å². The van der Waals surface area contributed by atoms with Crippen LogP contribution in [0.1, 0.15) is 53.2 Å². The number of anilines is 1. The molecule has 2 heterocycles. The molecule has 0 radical (unpaired) electrons. The van der Waals surface area contributed by atoms with Crippen molar-refractivity contribution in [3.8, 4) is 6.07 Å². The molecule has 1 unspecified atom stereocenters. The Morgan fingerprint density at radius 3 is 2.93 bits per heavy atom. The molecule has 1 aliphatic carbocycles. The van der Waals surface area contributed by atoms with E-state index < -0.39 is 11.9 Å². The second-order valence-electron chi connectivity index (χ2n) is 6.58. The van der Waals surface area contributed by atoms with Crippen LogP contribution in [0.25, 0.3) is 6.08 Å². The summed E-state index contributed by atoms with van der Waals surface area (Å²) in [6.07, 6.45) is 6.63. The predicted octanol–water partition coefficient (Wildman–Crippen LogP) is 4.58. The molecule has 0 fully saturated rings. The largest absolute Gasteiger partial charge is 0.465 e. The number of nitrogens with one attached hydrogen (secondary N) is 1. The number of thiophene rings is 1. The summed E-state index contributed by atoms with van der Waals surface area (Å²) in [7, 11) is 0. The molecule has 0 bridgehead atoms. The number of fused-ring (bicyclic) bond motifs is 1. The standard InChI is InChI=1S/C21H22N2O4S/c1-3-13-7-8-16-17(10-13)28-20(18(16)21(25)26-4-2)23-19(24)14(12-22)11-15-6-5-9-27-15/h5-6,9,11,13H,3-4,7-8,10H2,1-2H3,(H,23,24)/b14-11+. The summed E-state index contributed by atoms with van der Waals surface area (Å²) in [5.74, 6) is -0.0132. The number of amides is 1. The summed E-state index contributed by atoms with van der Waals surface area (Å²) in [4.78, 5) is 26.3. The Bertz CT molecular complexity index is 935. The maximum atomic E-state index is 12.6. The quantitative estimate of drug-likeness (QED) is 0.437. The van der Waals surface area contributed by atoms with Gasteiger partial charge in [-0.2, -0.15) is 5.26 Å². The van der Waals surface area contributed by atoms with Crippen LogP contribution in [0.4, 0.5) is 5.00 Å². The summed E-state index contributed by atoms with van der Waals surface area (Å²) in [6.45, 7) is 4.18. The van der Waals surface area contributed by atoms with Crippen LogP contribution in [0.2, 0.25) is 0 Å². The maximum Gasteiger partial charge on any atom is 0.341 e. The van der Waals surface area contributed by atoms with Crippen molar-refractivity contribution >= 4 is 34.3 Å². The molecule has 1 amide bonds. The zero-order chi connectivity index (χ0) is 20.1. The number of nitriles is 1. The Morgan fingerprint density at radius 2 is 2.29 bits per heavy atom. The molecule has 2 aromatic rings. The van der Waals surface area contributed by atoms with E-state index in [0.29, 0.717) is 22.2 Å². The molecular weight excluding hydrogens is 376 g/mol. The molecule has 0 spiro atoms. The van der Waals surface area contributed by atoms with Gasteiger partial charge < -0.3 is 14.5 Å². The highest BCUT2D eigenvalue weighted by Crippen LogP contribution is 2.41. The van der Waals surface area contributed by atoms with Crippen molar-refractivity contribution in [3.63, 3.8) is 0 Å². The van der Waals surface area contributed by atoms with Crippen LogP contribution < -0.4 is 5.32 Å². The Hall–Kier alpha value is -2.85. The molecule has 146 valence electrons. The van der Waals surface area contributed by atoms with Crippen LogP contribution >= 0.6 is 11.3 Å². The van der Waals surface area contributed by atoms with Crippen molar-refractivity contribution in [2.45, 2.75) is 39.5 Å². The minimum absolute atomic E-state index is 0.0948. The molecule has 0 aliphatic heterocycles. The third kappa shape index (κ3) is 4.18. The first-order chi connectivity index (χ1) is 13.6. The molecule has 1 aliphatic rings. The smallest absolute Gasteiger partial charge is 0.341 e. The molecule has 1 N–H and O–H groups in total. The van der Waals surface area contributed by atoms with E-state index in [2.05, 4.69) is 12.2 Å². The number of rotatable bonds is 6. The van der Waals surface area contributed by atoms with Crippen molar-refractivity contribution in [2.75, 3.05) is 11.9 Å². The summed E-state index contributed by atoms with van der Waals surface area (Å²) >= 11 is 1.41. The fraction of sp³-hybridized carbons (Fsp3) is 0.381. The van der Waals surface area contributed by atoms with E-state index in [0.717, 1.165) is 36.1 Å². The van der Waals surface area contributed by atoms with Crippen molar-refractivity contribution in [3.05, 3.63) is 45.7 Å². The molecule has 2 aromatic heterocycles. The lowest BCUT2D eigenvalue weighted by molar-refractivity contribution is -0.112. The fourth-order valence-corrected chi connectivity index (χ4v) is 4.69. The van der Waals surface area contributed by atoms with Gasteiger partial charge in [-0.15, -0.1) is 11.3 Å². The highest BCUT2D eigenvalue weighted by Gasteiger charge is 2.30. The highest BCUT2D eigenvalue weighted by atomic mass is 32.1. The van der Waals surface area contributed by atoms with E-state index in [4.69, 9.17) is 9.15 Å². The van der Waals surface area contributed by atoms with Gasteiger partial charge in [-0.3, -0.25) is 4.79 Å². The Morgan fingerprint density at radius 1 is 1.46 bits per heavy atom. The number of furan rings is 1. The Labute approximate surface area is 167 Å². The average Bonchev–Trinajstić information content (AvgIpc) is 3.32. The molecule has 28 heavy (non-hydrogen) atoms. The molecule has 0 saturated heterocycles. The van der Waals surface area contributed by atoms with Gasteiger partial charge in [0.1, 0.15) is 22.4 Å². The molecule has 6 nitrogen and oxygen atoms in total. The number of hydrogen-bond donors (Lipinski definition) is 1. The maximum absolute atomic E-state index is 12.6. The van der Waals surface area contributed by atoms with Crippen molar-refractivity contribution in [1.82, 2.24) is 0 Å². The van der Waals surface area contributed by atoms with Crippen LogP contribution in [0, 0.1) is 17.2 Å². The first kappa shape index (κ1) is 19.9. The van der Waals surface area contributed by atoms with Crippen molar-refractivity contribution < 1.29 is 18.7 Å². The van der Waals surface area contributed by atoms with Crippen LogP contribution in [0.5, 0.6) is 0 Å². The van der Waals surface area contributed by atoms with Gasteiger partial charge in [-0.1, -0.05) is 13.3 Å². The molecule has 3 rings (SSSR count). The summed E-state index contributed by atoms with van der Waals surface area (Å²) in [5.41, 5.74) is 1.31. The van der Waals surface area contributed by atoms with Crippen molar-refractivity contribution in [1.29, 1.82) is 5.26 Å². The SMILES string of the molecule is CCOC(=O)c1c(NC(=O)/C(C#N)=C/c2ccco2)sc2c1CCC(CC)C2. The second-order valence-corrected chi connectivity index (χ2v) is 7.69. The van der Waals surface area contributed by atoms with Gasteiger partial charge in [-0.25, -0.2) is 4.79 Å². The third-order valence-corrected chi connectivity index (χ3v) is 6.02. The number of ether oxygens (including phenoxy) is 1. The predicted molar refractivity (Wildman–Crippen MR) is 107 cm³/mol. The Balaban J connectivity index is 1.92. The van der Waals surface area contributed by atoms with E-state index in [-0.39, 0.29) is 12.2 Å². The lowest BCUT2D eigenvalue weighted by Crippen LogP contribution is -2.17. The van der Waals surface area contributed by atoms with Gasteiger partial charge in [0.2, 0.25) is 0 Å². The Kier molecular flexibility index (Phi) is 6.32. The van der Waals surface area contributed by atoms with Gasteiger partial charge >= 0.3 is 5.97 Å². The van der Waals surface area contributed by atoms with E-state index in [1.165, 1.54) is 23.7 Å². The summed E-state index contributed by atoms with van der Waals surface area (Å²) in [5, 5.41) is 12.6. The number of nitrogens with zero attached hydrogens (tertiary/aromatic N) is 1. The zero-order valence-corrected chi connectivity index (χ0v) is 16.7. The van der Waals surface area contributed by atoms with Crippen LogP contribution in [0.3, 0.4) is 0 Å². The van der Waals surface area contributed by atoms with E-state index in [1.807, 2.05) is 6.07 Å². The fourth-order valence-electron chi connectivity index (χ4n) is 3.34. The summed E-state index contributed by atoms with van der Waals surface area (Å²) in [6, 6.07) is 5.22. The van der Waals surface area contributed by atoms with Crippen LogP contribution in [-0.2, 0) is 22.4 Å². The third-order valence-electron chi connectivity index (χ3n) is 4.85. The first-order valence-electron chi connectivity index (χ1n) is 9.35. The number of hydrogen-bond acceptors (Lipinski definition) is 6. The second kappa shape index (κ2) is 8.89. The van der Waals surface area contributed by atoms with Gasteiger partial charge in [0.15, 0.2) is 0 Å². The minimum atomic E-state index is -0.574.